The van der Waals surface area contributed by atoms with Crippen LogP contribution in [-0.4, -0.2) is 38.6 Å². The van der Waals surface area contributed by atoms with Crippen molar-refractivity contribution in [1.29, 1.82) is 0 Å². The van der Waals surface area contributed by atoms with Crippen molar-refractivity contribution in [3.05, 3.63) is 86.9 Å². The van der Waals surface area contributed by atoms with Crippen molar-refractivity contribution in [2.75, 3.05) is 20.1 Å². The summed E-state index contributed by atoms with van der Waals surface area (Å²) in [7, 11) is -1.79. The standard InChI is InChI=1S/C24H23Cl2NO3S/c1-27-8-6-18-13-23(28)24(14-19(18)7-9-27)31(29,30)22-4-2-16(3-5-22)10-17-11-20(25)15-21(26)12-17/h2-5,11-15,28H,6-10H2,1H3. The third kappa shape index (κ3) is 4.90. The van der Waals surface area contributed by atoms with E-state index < -0.39 is 9.84 Å². The highest BCUT2D eigenvalue weighted by molar-refractivity contribution is 7.91. The number of phenolic OH excluding ortho intramolecular Hbond substituents is 1. The predicted molar refractivity (Wildman–Crippen MR) is 124 cm³/mol. The van der Waals surface area contributed by atoms with E-state index in [4.69, 9.17) is 23.2 Å². The maximum absolute atomic E-state index is 13.2. The van der Waals surface area contributed by atoms with E-state index in [1.165, 1.54) is 0 Å². The second-order valence-electron chi connectivity index (χ2n) is 7.99. The van der Waals surface area contributed by atoms with Gasteiger partial charge in [0.05, 0.1) is 4.90 Å². The number of aromatic hydroxyl groups is 1. The first-order chi connectivity index (χ1) is 14.7. The fourth-order valence-electron chi connectivity index (χ4n) is 3.93. The lowest BCUT2D eigenvalue weighted by molar-refractivity contribution is 0.352. The number of sulfone groups is 1. The molecule has 0 bridgehead atoms. The number of benzene rings is 3. The van der Waals surface area contributed by atoms with Crippen LogP contribution >= 0.6 is 23.2 Å². The van der Waals surface area contributed by atoms with Crippen LogP contribution in [0.25, 0.3) is 0 Å². The summed E-state index contributed by atoms with van der Waals surface area (Å²) in [5, 5.41) is 11.6. The van der Waals surface area contributed by atoms with E-state index in [0.29, 0.717) is 16.5 Å². The average Bonchev–Trinajstić information content (AvgIpc) is 2.88. The van der Waals surface area contributed by atoms with Gasteiger partial charge in [-0.15, -0.1) is 0 Å². The van der Waals surface area contributed by atoms with Gasteiger partial charge in [-0.1, -0.05) is 35.3 Å². The maximum atomic E-state index is 13.2. The zero-order valence-corrected chi connectivity index (χ0v) is 19.4. The van der Waals surface area contributed by atoms with Gasteiger partial charge in [-0.3, -0.25) is 0 Å². The molecule has 0 fully saturated rings. The first-order valence-electron chi connectivity index (χ1n) is 10.0. The fraction of sp³-hybridized carbons (Fsp3) is 0.250. The topological polar surface area (TPSA) is 57.6 Å². The molecule has 0 aromatic heterocycles. The Balaban J connectivity index is 1.62. The molecule has 0 saturated heterocycles. The first kappa shape index (κ1) is 22.2. The Bertz CT molecular complexity index is 1200. The Hall–Kier alpha value is -2.05. The summed E-state index contributed by atoms with van der Waals surface area (Å²) >= 11 is 12.1. The van der Waals surface area contributed by atoms with E-state index in [2.05, 4.69) is 4.90 Å². The van der Waals surface area contributed by atoms with Gasteiger partial charge in [-0.05, 0) is 91.0 Å². The lowest BCUT2D eigenvalue weighted by Gasteiger charge is -2.12. The third-order valence-electron chi connectivity index (χ3n) is 5.66. The molecule has 1 N–H and O–H groups in total. The molecule has 31 heavy (non-hydrogen) atoms. The van der Waals surface area contributed by atoms with Gasteiger partial charge in [0.2, 0.25) is 9.84 Å². The van der Waals surface area contributed by atoms with Gasteiger partial charge in [0.15, 0.2) is 0 Å². The molecule has 1 heterocycles. The van der Waals surface area contributed by atoms with Crippen LogP contribution in [0.4, 0.5) is 0 Å². The average molecular weight is 476 g/mol. The number of halogens is 2. The maximum Gasteiger partial charge on any atom is 0.210 e. The Morgan fingerprint density at radius 3 is 2.06 bits per heavy atom. The number of phenols is 1. The molecule has 7 heteroatoms. The summed E-state index contributed by atoms with van der Waals surface area (Å²) < 4.78 is 26.5. The minimum absolute atomic E-state index is 0.0369. The molecule has 4 rings (SSSR count). The van der Waals surface area contributed by atoms with Gasteiger partial charge in [-0.25, -0.2) is 8.42 Å². The fourth-order valence-corrected chi connectivity index (χ4v) is 5.88. The molecule has 162 valence electrons. The van der Waals surface area contributed by atoms with Crippen molar-refractivity contribution < 1.29 is 13.5 Å². The lowest BCUT2D eigenvalue weighted by Crippen LogP contribution is -2.20. The molecule has 0 atom stereocenters. The minimum Gasteiger partial charge on any atom is -0.507 e. The van der Waals surface area contributed by atoms with Crippen molar-refractivity contribution >= 4 is 33.0 Å². The number of hydrogen-bond donors (Lipinski definition) is 1. The third-order valence-corrected chi connectivity index (χ3v) is 7.90. The quantitative estimate of drug-likeness (QED) is 0.566. The van der Waals surface area contributed by atoms with Gasteiger partial charge in [0, 0.05) is 23.1 Å². The number of hydrogen-bond acceptors (Lipinski definition) is 4. The molecule has 1 aliphatic rings. The smallest absolute Gasteiger partial charge is 0.210 e. The monoisotopic (exact) mass is 475 g/mol. The Kier molecular flexibility index (Phi) is 6.31. The van der Waals surface area contributed by atoms with Crippen LogP contribution in [-0.2, 0) is 29.1 Å². The molecule has 0 aliphatic carbocycles. The summed E-state index contributed by atoms with van der Waals surface area (Å²) in [5.74, 6) is -0.194. The van der Waals surface area contributed by atoms with Gasteiger partial charge in [-0.2, -0.15) is 0 Å². The summed E-state index contributed by atoms with van der Waals surface area (Å²) in [6.45, 7) is 1.75. The van der Waals surface area contributed by atoms with Crippen molar-refractivity contribution in [3.8, 4) is 5.75 Å². The predicted octanol–water partition coefficient (Wildman–Crippen LogP) is 5.15. The summed E-state index contributed by atoms with van der Waals surface area (Å²) in [4.78, 5) is 2.32. The molecule has 3 aromatic carbocycles. The zero-order chi connectivity index (χ0) is 22.2. The van der Waals surface area contributed by atoms with Gasteiger partial charge in [0.25, 0.3) is 0 Å². The van der Waals surface area contributed by atoms with E-state index in [1.54, 1.807) is 42.5 Å². The van der Waals surface area contributed by atoms with Crippen LogP contribution in [0.3, 0.4) is 0 Å². The SMILES string of the molecule is CN1CCc2cc(O)c(S(=O)(=O)c3ccc(Cc4cc(Cl)cc(Cl)c4)cc3)cc2CC1. The van der Waals surface area contributed by atoms with E-state index in [0.717, 1.165) is 48.2 Å². The van der Waals surface area contributed by atoms with E-state index in [-0.39, 0.29) is 15.5 Å². The highest BCUT2D eigenvalue weighted by atomic mass is 35.5. The van der Waals surface area contributed by atoms with E-state index >= 15 is 0 Å². The molecule has 0 spiro atoms. The highest BCUT2D eigenvalue weighted by Gasteiger charge is 2.24. The molecule has 1 aliphatic heterocycles. The van der Waals surface area contributed by atoms with Crippen molar-refractivity contribution in [1.82, 2.24) is 4.90 Å². The van der Waals surface area contributed by atoms with Crippen molar-refractivity contribution in [2.45, 2.75) is 29.1 Å². The number of fused-ring (bicyclic) bond motifs is 1. The largest absolute Gasteiger partial charge is 0.507 e. The number of nitrogens with zero attached hydrogens (tertiary/aromatic N) is 1. The number of rotatable bonds is 4. The van der Waals surface area contributed by atoms with Crippen LogP contribution in [0.15, 0.2) is 64.4 Å². The highest BCUT2D eigenvalue weighted by Crippen LogP contribution is 2.33. The molecule has 4 nitrogen and oxygen atoms in total. The second-order valence-corrected chi connectivity index (χ2v) is 10.8. The molecule has 0 unspecified atom stereocenters. The van der Waals surface area contributed by atoms with Crippen molar-refractivity contribution in [2.24, 2.45) is 0 Å². The first-order valence-corrected chi connectivity index (χ1v) is 12.3. The summed E-state index contributed by atoms with van der Waals surface area (Å²) in [6.07, 6.45) is 2.13. The molecular weight excluding hydrogens is 453 g/mol. The van der Waals surface area contributed by atoms with Crippen LogP contribution in [0, 0.1) is 0 Å². The van der Waals surface area contributed by atoms with E-state index in [9.17, 15) is 13.5 Å². The second kappa shape index (κ2) is 8.83. The van der Waals surface area contributed by atoms with Gasteiger partial charge < -0.3 is 10.0 Å². The van der Waals surface area contributed by atoms with Crippen LogP contribution in [0.5, 0.6) is 5.75 Å². The molecule has 0 amide bonds. The normalized spacial score (nSPS) is 14.8. The van der Waals surface area contributed by atoms with Gasteiger partial charge in [0.1, 0.15) is 10.6 Å². The lowest BCUT2D eigenvalue weighted by atomic mass is 10.0. The minimum atomic E-state index is -3.84. The molecule has 3 aromatic rings. The van der Waals surface area contributed by atoms with Gasteiger partial charge >= 0.3 is 0 Å². The van der Waals surface area contributed by atoms with Crippen LogP contribution in [0.1, 0.15) is 22.3 Å². The van der Waals surface area contributed by atoms with Crippen LogP contribution < -0.4 is 0 Å². The van der Waals surface area contributed by atoms with Crippen molar-refractivity contribution in [3.63, 3.8) is 0 Å². The molecule has 0 radical (unpaired) electrons. The zero-order valence-electron chi connectivity index (χ0n) is 17.1. The van der Waals surface area contributed by atoms with E-state index in [1.807, 2.05) is 19.2 Å². The summed E-state index contributed by atoms with van der Waals surface area (Å²) in [5.41, 5.74) is 3.87. The molecular formula is C24H23Cl2NO3S. The number of likely N-dealkylation sites (N-methyl/N-ethyl adjacent to an activating group) is 1. The Morgan fingerprint density at radius 1 is 0.871 bits per heavy atom. The Labute approximate surface area is 193 Å². The van der Waals surface area contributed by atoms with Crippen LogP contribution in [0.2, 0.25) is 10.0 Å². The molecule has 0 saturated carbocycles. The Morgan fingerprint density at radius 2 is 1.45 bits per heavy atom. The summed E-state index contributed by atoms with van der Waals surface area (Å²) in [6, 6.07) is 15.3.